The summed E-state index contributed by atoms with van der Waals surface area (Å²) in [4.78, 5) is 8.20. The van der Waals surface area contributed by atoms with Crippen LogP contribution in [0.3, 0.4) is 0 Å². The van der Waals surface area contributed by atoms with Crippen molar-refractivity contribution < 1.29 is 0 Å². The van der Waals surface area contributed by atoms with Gasteiger partial charge in [-0.25, -0.2) is 9.97 Å². The Hall–Kier alpha value is -0.780. The monoisotopic (exact) mass is 334 g/mol. The van der Waals surface area contributed by atoms with Crippen molar-refractivity contribution in [2.24, 2.45) is 7.05 Å². The minimum atomic E-state index is 0.440. The Labute approximate surface area is 117 Å². The maximum absolute atomic E-state index is 5.89. The van der Waals surface area contributed by atoms with E-state index in [0.29, 0.717) is 16.9 Å². The maximum Gasteiger partial charge on any atom is 0.143 e. The van der Waals surface area contributed by atoms with E-state index in [1.54, 1.807) is 12.4 Å². The number of nitrogens with one attached hydrogen (secondary N) is 1. The van der Waals surface area contributed by atoms with Gasteiger partial charge < -0.3 is 9.88 Å². The Morgan fingerprint density at radius 3 is 2.71 bits per heavy atom. The van der Waals surface area contributed by atoms with Crippen LogP contribution >= 0.6 is 39.1 Å². The summed E-state index contributed by atoms with van der Waals surface area (Å²) in [7, 11) is 1.86. The Balaban J connectivity index is 2.07. The highest BCUT2D eigenvalue weighted by Gasteiger charge is 2.05. The molecule has 0 aliphatic rings. The van der Waals surface area contributed by atoms with E-state index in [9.17, 15) is 0 Å². The van der Waals surface area contributed by atoms with Crippen LogP contribution in [0.15, 0.2) is 22.9 Å². The van der Waals surface area contributed by atoms with E-state index in [2.05, 4.69) is 31.2 Å². The molecule has 0 fully saturated rings. The van der Waals surface area contributed by atoms with Crippen molar-refractivity contribution in [1.29, 1.82) is 0 Å². The second-order valence-corrected chi connectivity index (χ2v) is 5.01. The van der Waals surface area contributed by atoms with Crippen LogP contribution in [-0.4, -0.2) is 14.5 Å². The van der Waals surface area contributed by atoms with E-state index in [1.807, 2.05) is 17.7 Å². The number of aromatic nitrogens is 3. The number of anilines is 1. The number of hydrogen-bond donors (Lipinski definition) is 1. The lowest BCUT2D eigenvalue weighted by Crippen LogP contribution is -2.06. The molecule has 2 aromatic rings. The summed E-state index contributed by atoms with van der Waals surface area (Å²) in [5, 5.41) is 4.24. The number of hydrogen-bond acceptors (Lipinski definition) is 3. The molecule has 2 heterocycles. The van der Waals surface area contributed by atoms with Gasteiger partial charge in [-0.3, -0.25) is 0 Å². The lowest BCUT2D eigenvalue weighted by molar-refractivity contribution is 0.813. The molecular weight excluding hydrogens is 327 g/mol. The number of nitrogens with zero attached hydrogens (tertiary/aromatic N) is 3. The molecular formula is C10H9BrCl2N4. The van der Waals surface area contributed by atoms with Crippen molar-refractivity contribution >= 4 is 44.8 Å². The standard InChI is InChI=1S/C10H9BrCl2N4/c1-17-8(12)4-15-9(17)5-14-6-2-7(11)10(13)16-3-6/h2-4,14H,5H2,1H3. The smallest absolute Gasteiger partial charge is 0.143 e. The fourth-order valence-electron chi connectivity index (χ4n) is 1.29. The third-order valence-electron chi connectivity index (χ3n) is 2.27. The van der Waals surface area contributed by atoms with Crippen LogP contribution in [0.4, 0.5) is 5.69 Å². The summed E-state index contributed by atoms with van der Waals surface area (Å²) in [5.74, 6) is 0.848. The number of halogens is 3. The molecule has 0 saturated heterocycles. The Kier molecular flexibility index (Phi) is 3.91. The fraction of sp³-hybridized carbons (Fsp3) is 0.200. The maximum atomic E-state index is 5.89. The Morgan fingerprint density at radius 1 is 1.35 bits per heavy atom. The molecule has 17 heavy (non-hydrogen) atoms. The number of rotatable bonds is 3. The largest absolute Gasteiger partial charge is 0.377 e. The summed E-state index contributed by atoms with van der Waals surface area (Å²) >= 11 is 15.0. The van der Waals surface area contributed by atoms with Crippen molar-refractivity contribution in [3.63, 3.8) is 0 Å². The van der Waals surface area contributed by atoms with Crippen LogP contribution in [0.5, 0.6) is 0 Å². The topological polar surface area (TPSA) is 42.7 Å². The average Bonchev–Trinajstić information content (AvgIpc) is 2.62. The van der Waals surface area contributed by atoms with Crippen molar-refractivity contribution in [1.82, 2.24) is 14.5 Å². The molecule has 0 radical (unpaired) electrons. The lowest BCUT2D eigenvalue weighted by atomic mass is 10.4. The molecule has 2 rings (SSSR count). The summed E-state index contributed by atoms with van der Waals surface area (Å²) < 4.78 is 2.56. The zero-order valence-electron chi connectivity index (χ0n) is 8.91. The first-order valence-electron chi connectivity index (χ1n) is 4.79. The predicted octanol–water partition coefficient (Wildman–Crippen LogP) is 3.50. The highest BCUT2D eigenvalue weighted by Crippen LogP contribution is 2.23. The van der Waals surface area contributed by atoms with Gasteiger partial charge in [-0.2, -0.15) is 0 Å². The minimum absolute atomic E-state index is 0.440. The summed E-state index contributed by atoms with van der Waals surface area (Å²) in [6.45, 7) is 0.568. The van der Waals surface area contributed by atoms with Crippen molar-refractivity contribution in [3.8, 4) is 0 Å². The number of pyridine rings is 1. The van der Waals surface area contributed by atoms with Crippen LogP contribution in [0.1, 0.15) is 5.82 Å². The van der Waals surface area contributed by atoms with E-state index >= 15 is 0 Å². The van der Waals surface area contributed by atoms with E-state index in [-0.39, 0.29) is 0 Å². The van der Waals surface area contributed by atoms with Gasteiger partial charge in [-0.15, -0.1) is 0 Å². The van der Waals surface area contributed by atoms with Crippen LogP contribution in [-0.2, 0) is 13.6 Å². The average molecular weight is 336 g/mol. The molecule has 0 unspecified atom stereocenters. The lowest BCUT2D eigenvalue weighted by Gasteiger charge is -2.07. The first-order valence-corrected chi connectivity index (χ1v) is 6.34. The fourth-order valence-corrected chi connectivity index (χ4v) is 1.89. The molecule has 4 nitrogen and oxygen atoms in total. The molecule has 90 valence electrons. The molecule has 0 atom stereocenters. The van der Waals surface area contributed by atoms with E-state index in [4.69, 9.17) is 23.2 Å². The number of imidazole rings is 1. The van der Waals surface area contributed by atoms with Gasteiger partial charge in [-0.05, 0) is 22.0 Å². The van der Waals surface area contributed by atoms with Crippen molar-refractivity contribution in [3.05, 3.63) is 39.1 Å². The molecule has 0 amide bonds. The first-order chi connectivity index (χ1) is 8.08. The van der Waals surface area contributed by atoms with E-state index in [0.717, 1.165) is 16.0 Å². The molecule has 0 aromatic carbocycles. The van der Waals surface area contributed by atoms with Gasteiger partial charge >= 0.3 is 0 Å². The molecule has 0 spiro atoms. The van der Waals surface area contributed by atoms with Crippen LogP contribution < -0.4 is 5.32 Å². The van der Waals surface area contributed by atoms with Crippen LogP contribution in [0, 0.1) is 0 Å². The quantitative estimate of drug-likeness (QED) is 0.873. The van der Waals surface area contributed by atoms with Gasteiger partial charge in [0.15, 0.2) is 0 Å². The van der Waals surface area contributed by atoms with Crippen LogP contribution in [0.25, 0.3) is 0 Å². The van der Waals surface area contributed by atoms with Gasteiger partial charge in [-0.1, -0.05) is 23.2 Å². The first kappa shape index (κ1) is 12.7. The van der Waals surface area contributed by atoms with Gasteiger partial charge in [0.2, 0.25) is 0 Å². The third-order valence-corrected chi connectivity index (χ3v) is 3.76. The second kappa shape index (κ2) is 5.25. The molecule has 0 aliphatic carbocycles. The van der Waals surface area contributed by atoms with Crippen molar-refractivity contribution in [2.75, 3.05) is 5.32 Å². The Morgan fingerprint density at radius 2 is 2.12 bits per heavy atom. The predicted molar refractivity (Wildman–Crippen MR) is 72.5 cm³/mol. The molecule has 0 saturated carbocycles. The minimum Gasteiger partial charge on any atom is -0.377 e. The zero-order valence-corrected chi connectivity index (χ0v) is 12.0. The highest BCUT2D eigenvalue weighted by atomic mass is 79.9. The molecule has 0 aliphatic heterocycles. The van der Waals surface area contributed by atoms with E-state index in [1.165, 1.54) is 0 Å². The SMILES string of the molecule is Cn1c(Cl)cnc1CNc1cnc(Cl)c(Br)c1. The van der Waals surface area contributed by atoms with Gasteiger partial charge in [0.25, 0.3) is 0 Å². The summed E-state index contributed by atoms with van der Waals surface area (Å²) in [6.07, 6.45) is 3.28. The second-order valence-electron chi connectivity index (χ2n) is 3.41. The van der Waals surface area contributed by atoms with Gasteiger partial charge in [0, 0.05) is 7.05 Å². The van der Waals surface area contributed by atoms with E-state index < -0.39 is 0 Å². The Bertz CT molecular complexity index is 541. The third kappa shape index (κ3) is 2.91. The normalized spacial score (nSPS) is 10.6. The summed E-state index contributed by atoms with van der Waals surface area (Å²) in [6, 6.07) is 1.86. The summed E-state index contributed by atoms with van der Waals surface area (Å²) in [5.41, 5.74) is 0.861. The van der Waals surface area contributed by atoms with Crippen LogP contribution in [0.2, 0.25) is 10.3 Å². The van der Waals surface area contributed by atoms with Gasteiger partial charge in [0.05, 0.1) is 29.1 Å². The zero-order chi connectivity index (χ0) is 12.4. The molecule has 0 bridgehead atoms. The molecule has 1 N–H and O–H groups in total. The molecule has 2 aromatic heterocycles. The molecule has 7 heteroatoms. The highest BCUT2D eigenvalue weighted by molar-refractivity contribution is 9.10. The van der Waals surface area contributed by atoms with Crippen molar-refractivity contribution in [2.45, 2.75) is 6.54 Å². The van der Waals surface area contributed by atoms with Gasteiger partial charge in [0.1, 0.15) is 16.1 Å².